The molecule has 8 heteroatoms. The largest absolute Gasteiger partial charge is 0.370 e. The van der Waals surface area contributed by atoms with Crippen LogP contribution >= 0.6 is 23.2 Å². The molecule has 1 heterocycles. The lowest BCUT2D eigenvalue weighted by atomic mass is 10.1. The van der Waals surface area contributed by atoms with Crippen molar-refractivity contribution in [3.05, 3.63) is 73.8 Å². The van der Waals surface area contributed by atoms with E-state index in [4.69, 9.17) is 27.9 Å². The van der Waals surface area contributed by atoms with Crippen molar-refractivity contribution >= 4 is 34.8 Å². The Balaban J connectivity index is 1.66. The lowest BCUT2D eigenvalue weighted by molar-refractivity contribution is -0.384. The second-order valence-corrected chi connectivity index (χ2v) is 6.88. The minimum Gasteiger partial charge on any atom is -0.370 e. The fourth-order valence-corrected chi connectivity index (χ4v) is 3.40. The van der Waals surface area contributed by atoms with Crippen LogP contribution in [0.15, 0.2) is 42.5 Å². The zero-order valence-corrected chi connectivity index (χ0v) is 15.2. The first-order valence-electron chi connectivity index (χ1n) is 8.01. The fourth-order valence-electron chi connectivity index (χ4n) is 2.86. The van der Waals surface area contributed by atoms with E-state index in [9.17, 15) is 14.9 Å². The van der Waals surface area contributed by atoms with Gasteiger partial charge in [-0.05, 0) is 29.3 Å². The number of amides is 1. The third kappa shape index (κ3) is 4.52. The maximum Gasteiger partial charge on any atom is 0.269 e. The Bertz CT molecular complexity index is 806. The molecule has 0 spiro atoms. The number of nitro groups is 1. The van der Waals surface area contributed by atoms with Crippen LogP contribution in [0.5, 0.6) is 0 Å². The summed E-state index contributed by atoms with van der Waals surface area (Å²) in [6, 6.07) is 11.2. The molecule has 1 saturated heterocycles. The van der Waals surface area contributed by atoms with Crippen molar-refractivity contribution in [1.29, 1.82) is 0 Å². The van der Waals surface area contributed by atoms with Crippen molar-refractivity contribution in [2.45, 2.75) is 12.5 Å². The molecule has 26 heavy (non-hydrogen) atoms. The number of carbonyl (C=O) groups is 1. The third-order valence-electron chi connectivity index (χ3n) is 4.18. The molecule has 2 aromatic carbocycles. The number of ether oxygens (including phenoxy) is 1. The highest BCUT2D eigenvalue weighted by molar-refractivity contribution is 6.34. The Kier molecular flexibility index (Phi) is 5.76. The fraction of sp³-hybridized carbons (Fsp3) is 0.278. The molecule has 1 fully saturated rings. The number of halogens is 2. The highest BCUT2D eigenvalue weighted by atomic mass is 35.5. The zero-order valence-electron chi connectivity index (χ0n) is 13.7. The highest BCUT2D eigenvalue weighted by Gasteiger charge is 2.26. The van der Waals surface area contributed by atoms with Crippen molar-refractivity contribution < 1.29 is 14.5 Å². The van der Waals surface area contributed by atoms with E-state index in [2.05, 4.69) is 0 Å². The van der Waals surface area contributed by atoms with E-state index in [1.807, 2.05) is 0 Å². The molecular formula is C18H16Cl2N2O4. The van der Waals surface area contributed by atoms with Crippen molar-refractivity contribution in [2.75, 3.05) is 19.7 Å². The summed E-state index contributed by atoms with van der Waals surface area (Å²) in [7, 11) is 0. The number of nitrogens with zero attached hydrogens (tertiary/aromatic N) is 2. The van der Waals surface area contributed by atoms with Crippen molar-refractivity contribution in [2.24, 2.45) is 0 Å². The number of hydrogen-bond donors (Lipinski definition) is 0. The molecule has 1 aliphatic rings. The lowest BCUT2D eigenvalue weighted by Gasteiger charge is -2.33. The highest BCUT2D eigenvalue weighted by Crippen LogP contribution is 2.28. The predicted octanol–water partition coefficient (Wildman–Crippen LogP) is 4.04. The van der Waals surface area contributed by atoms with Crippen LogP contribution in [0.25, 0.3) is 0 Å². The van der Waals surface area contributed by atoms with Crippen molar-refractivity contribution in [1.82, 2.24) is 4.90 Å². The summed E-state index contributed by atoms with van der Waals surface area (Å²) >= 11 is 12.1. The molecule has 0 aromatic heterocycles. The first-order chi connectivity index (χ1) is 12.4. The molecule has 0 aliphatic carbocycles. The Morgan fingerprint density at radius 3 is 2.46 bits per heavy atom. The van der Waals surface area contributed by atoms with Gasteiger partial charge in [0.15, 0.2) is 0 Å². The number of non-ortho nitro benzene ring substituents is 1. The molecule has 136 valence electrons. The predicted molar refractivity (Wildman–Crippen MR) is 98.5 cm³/mol. The molecule has 1 aliphatic heterocycles. The Morgan fingerprint density at radius 2 is 1.85 bits per heavy atom. The number of benzene rings is 2. The molecular weight excluding hydrogens is 379 g/mol. The van der Waals surface area contributed by atoms with Crippen LogP contribution in [-0.2, 0) is 16.0 Å². The van der Waals surface area contributed by atoms with Crippen LogP contribution in [0.4, 0.5) is 5.69 Å². The van der Waals surface area contributed by atoms with Crippen LogP contribution in [0, 0.1) is 10.1 Å². The summed E-state index contributed by atoms with van der Waals surface area (Å²) in [5.41, 5.74) is 1.57. The van der Waals surface area contributed by atoms with Gasteiger partial charge in [0.25, 0.3) is 5.69 Å². The maximum absolute atomic E-state index is 12.6. The molecule has 0 bridgehead atoms. The van der Waals surface area contributed by atoms with Gasteiger partial charge in [0, 0.05) is 28.7 Å². The van der Waals surface area contributed by atoms with E-state index >= 15 is 0 Å². The lowest BCUT2D eigenvalue weighted by Crippen LogP contribution is -2.43. The molecule has 1 atom stereocenters. The van der Waals surface area contributed by atoms with Gasteiger partial charge in [-0.3, -0.25) is 14.9 Å². The minimum atomic E-state index is -0.464. The molecule has 0 saturated carbocycles. The standard InChI is InChI=1S/C18H16Cl2N2O4/c19-14-8-13(9-15(20)10-14)17-11-21(5-6-26-17)18(23)7-12-1-3-16(4-2-12)22(24)25/h1-4,8-10,17H,5-7,11H2. The Morgan fingerprint density at radius 1 is 1.19 bits per heavy atom. The quantitative estimate of drug-likeness (QED) is 0.579. The molecule has 0 N–H and O–H groups in total. The number of rotatable bonds is 4. The molecule has 6 nitrogen and oxygen atoms in total. The zero-order chi connectivity index (χ0) is 18.7. The van der Waals surface area contributed by atoms with Crippen LogP contribution in [0.3, 0.4) is 0 Å². The van der Waals surface area contributed by atoms with E-state index in [1.165, 1.54) is 12.1 Å². The summed E-state index contributed by atoms with van der Waals surface area (Å²) < 4.78 is 5.76. The molecule has 0 radical (unpaired) electrons. The third-order valence-corrected chi connectivity index (χ3v) is 4.61. The number of hydrogen-bond acceptors (Lipinski definition) is 4. The van der Waals surface area contributed by atoms with Crippen LogP contribution in [-0.4, -0.2) is 35.4 Å². The second-order valence-electron chi connectivity index (χ2n) is 6.00. The smallest absolute Gasteiger partial charge is 0.269 e. The van der Waals surface area contributed by atoms with Crippen LogP contribution in [0.1, 0.15) is 17.2 Å². The second kappa shape index (κ2) is 8.03. The topological polar surface area (TPSA) is 72.7 Å². The monoisotopic (exact) mass is 394 g/mol. The van der Waals surface area contributed by atoms with E-state index in [0.717, 1.165) is 11.1 Å². The van der Waals surface area contributed by atoms with Gasteiger partial charge in [-0.2, -0.15) is 0 Å². The van der Waals surface area contributed by atoms with Crippen LogP contribution in [0.2, 0.25) is 10.0 Å². The Hall–Kier alpha value is -2.15. The number of carbonyl (C=O) groups excluding carboxylic acids is 1. The molecule has 2 aromatic rings. The Labute approximate surface area is 160 Å². The molecule has 1 unspecified atom stereocenters. The van der Waals surface area contributed by atoms with Gasteiger partial charge in [-0.1, -0.05) is 35.3 Å². The number of nitro benzene ring substituents is 1. The van der Waals surface area contributed by atoms with Crippen molar-refractivity contribution in [3.8, 4) is 0 Å². The molecule has 1 amide bonds. The van der Waals surface area contributed by atoms with Gasteiger partial charge in [-0.25, -0.2) is 0 Å². The summed E-state index contributed by atoms with van der Waals surface area (Å²) in [5, 5.41) is 11.7. The summed E-state index contributed by atoms with van der Waals surface area (Å²) in [6.07, 6.45) is -0.109. The van der Waals surface area contributed by atoms with E-state index < -0.39 is 4.92 Å². The first-order valence-corrected chi connectivity index (χ1v) is 8.76. The van der Waals surface area contributed by atoms with E-state index in [1.54, 1.807) is 35.2 Å². The van der Waals surface area contributed by atoms with Gasteiger partial charge < -0.3 is 9.64 Å². The van der Waals surface area contributed by atoms with E-state index in [-0.39, 0.29) is 24.1 Å². The summed E-state index contributed by atoms with van der Waals surface area (Å²) in [6.45, 7) is 1.32. The SMILES string of the molecule is O=C(Cc1ccc([N+](=O)[O-])cc1)N1CCOC(c2cc(Cl)cc(Cl)c2)C1. The van der Waals surface area contributed by atoms with Gasteiger partial charge in [-0.15, -0.1) is 0 Å². The average molecular weight is 395 g/mol. The van der Waals surface area contributed by atoms with Gasteiger partial charge in [0.1, 0.15) is 6.10 Å². The average Bonchev–Trinajstić information content (AvgIpc) is 2.61. The first kappa shape index (κ1) is 18.6. The van der Waals surface area contributed by atoms with Gasteiger partial charge in [0.05, 0.1) is 24.5 Å². The normalized spacial score (nSPS) is 17.2. The maximum atomic E-state index is 12.6. The van der Waals surface area contributed by atoms with Gasteiger partial charge >= 0.3 is 0 Å². The van der Waals surface area contributed by atoms with Crippen molar-refractivity contribution in [3.63, 3.8) is 0 Å². The van der Waals surface area contributed by atoms with Gasteiger partial charge in [0.2, 0.25) is 5.91 Å². The molecule has 3 rings (SSSR count). The summed E-state index contributed by atoms with van der Waals surface area (Å²) in [4.78, 5) is 24.5. The minimum absolute atomic E-state index is 0.00507. The number of morpholine rings is 1. The summed E-state index contributed by atoms with van der Waals surface area (Å²) in [5.74, 6) is -0.0553. The van der Waals surface area contributed by atoms with Crippen LogP contribution < -0.4 is 0 Å². The van der Waals surface area contributed by atoms with E-state index in [0.29, 0.717) is 29.7 Å².